The van der Waals surface area contributed by atoms with Gasteiger partial charge in [-0.15, -0.1) is 17.9 Å². The van der Waals surface area contributed by atoms with Crippen molar-refractivity contribution in [2.24, 2.45) is 0 Å². The van der Waals surface area contributed by atoms with E-state index in [1.165, 1.54) is 15.9 Å². The maximum absolute atomic E-state index is 13.8. The maximum atomic E-state index is 13.8. The number of allylic oxidation sites excluding steroid dienone is 1. The third-order valence-electron chi connectivity index (χ3n) is 4.87. The van der Waals surface area contributed by atoms with Crippen LogP contribution >= 0.6 is 23.1 Å². The molecule has 0 spiro atoms. The van der Waals surface area contributed by atoms with Crippen LogP contribution in [0.3, 0.4) is 0 Å². The third kappa shape index (κ3) is 4.89. The maximum Gasteiger partial charge on any atom is 0.263 e. The van der Waals surface area contributed by atoms with Crippen molar-refractivity contribution in [2.45, 2.75) is 18.6 Å². The van der Waals surface area contributed by atoms with Gasteiger partial charge in [-0.1, -0.05) is 47.7 Å². The number of nitrogens with zero attached hydrogens (tertiary/aromatic N) is 2. The van der Waals surface area contributed by atoms with E-state index in [9.17, 15) is 18.4 Å². The molecule has 33 heavy (non-hydrogen) atoms. The first kappa shape index (κ1) is 22.9. The standard InChI is InChI=1S/C24H19F2N3O2S2/c1-3-10-29-23(31)21-17(15-6-4-14(2)5-7-15)12-32-22(21)28-24(29)33-13-20(30)27-19-9-8-16(25)11-18(19)26/h3-9,11-12H,1,10,13H2,2H3,(H,27,30). The van der Waals surface area contributed by atoms with Gasteiger partial charge in [0.1, 0.15) is 16.5 Å². The Morgan fingerprint density at radius 3 is 2.70 bits per heavy atom. The topological polar surface area (TPSA) is 64.0 Å². The number of carbonyl (C=O) groups is 1. The zero-order chi connectivity index (χ0) is 23.5. The highest BCUT2D eigenvalue weighted by Gasteiger charge is 2.18. The number of thioether (sulfide) groups is 1. The molecule has 0 unspecified atom stereocenters. The highest BCUT2D eigenvalue weighted by molar-refractivity contribution is 7.99. The van der Waals surface area contributed by atoms with E-state index in [1.807, 2.05) is 36.6 Å². The molecule has 0 saturated carbocycles. The molecule has 2 aromatic heterocycles. The van der Waals surface area contributed by atoms with Gasteiger partial charge in [0.2, 0.25) is 5.91 Å². The summed E-state index contributed by atoms with van der Waals surface area (Å²) in [5.74, 6) is -2.20. The number of aromatic nitrogens is 2. The second-order valence-corrected chi connectivity index (χ2v) is 9.06. The smallest absolute Gasteiger partial charge is 0.263 e. The SMILES string of the molecule is C=CCn1c(SCC(=O)Nc2ccc(F)cc2F)nc2scc(-c3ccc(C)cc3)c2c1=O. The van der Waals surface area contributed by atoms with Gasteiger partial charge in [-0.3, -0.25) is 14.2 Å². The summed E-state index contributed by atoms with van der Waals surface area (Å²) < 4.78 is 28.3. The van der Waals surface area contributed by atoms with Crippen LogP contribution in [-0.4, -0.2) is 21.2 Å². The van der Waals surface area contributed by atoms with E-state index in [4.69, 9.17) is 0 Å². The number of hydrogen-bond acceptors (Lipinski definition) is 5. The second kappa shape index (κ2) is 9.68. The predicted molar refractivity (Wildman–Crippen MR) is 130 cm³/mol. The number of nitrogens with one attached hydrogen (secondary N) is 1. The summed E-state index contributed by atoms with van der Waals surface area (Å²) in [7, 11) is 0. The monoisotopic (exact) mass is 483 g/mol. The minimum atomic E-state index is -0.862. The first-order valence-corrected chi connectivity index (χ1v) is 11.8. The van der Waals surface area contributed by atoms with E-state index in [1.54, 1.807) is 6.08 Å². The van der Waals surface area contributed by atoms with E-state index in [2.05, 4.69) is 16.9 Å². The lowest BCUT2D eigenvalue weighted by Crippen LogP contribution is -2.23. The molecule has 0 atom stereocenters. The normalized spacial score (nSPS) is 11.0. The molecule has 9 heteroatoms. The van der Waals surface area contributed by atoms with E-state index < -0.39 is 17.5 Å². The average molecular weight is 484 g/mol. The molecule has 0 aliphatic heterocycles. The molecule has 0 saturated heterocycles. The Hall–Kier alpha value is -3.30. The fraction of sp³-hybridized carbons (Fsp3) is 0.125. The molecular formula is C24H19F2N3O2S2. The molecule has 1 amide bonds. The Labute approximate surface area is 196 Å². The Kier molecular flexibility index (Phi) is 6.71. The lowest BCUT2D eigenvalue weighted by Gasteiger charge is -2.11. The molecule has 0 aliphatic rings. The molecule has 1 N–H and O–H groups in total. The summed E-state index contributed by atoms with van der Waals surface area (Å²) in [5, 5.41) is 5.19. The van der Waals surface area contributed by atoms with Crippen molar-refractivity contribution in [1.82, 2.24) is 9.55 Å². The number of anilines is 1. The molecule has 168 valence electrons. The van der Waals surface area contributed by atoms with Crippen molar-refractivity contribution >= 4 is 44.9 Å². The Balaban J connectivity index is 1.63. The molecule has 2 aromatic carbocycles. The van der Waals surface area contributed by atoms with Crippen molar-refractivity contribution in [2.75, 3.05) is 11.1 Å². The van der Waals surface area contributed by atoms with E-state index in [0.29, 0.717) is 21.4 Å². The van der Waals surface area contributed by atoms with Gasteiger partial charge in [0, 0.05) is 23.6 Å². The van der Waals surface area contributed by atoms with Crippen molar-refractivity contribution in [3.8, 4) is 11.1 Å². The van der Waals surface area contributed by atoms with Gasteiger partial charge in [-0.25, -0.2) is 13.8 Å². The molecule has 0 fully saturated rings. The summed E-state index contributed by atoms with van der Waals surface area (Å²) in [5.41, 5.74) is 2.53. The van der Waals surface area contributed by atoms with Crippen molar-refractivity contribution < 1.29 is 13.6 Å². The highest BCUT2D eigenvalue weighted by atomic mass is 32.2. The summed E-state index contributed by atoms with van der Waals surface area (Å²) in [4.78, 5) is 30.9. The number of benzene rings is 2. The first-order chi connectivity index (χ1) is 15.9. The molecule has 0 aliphatic carbocycles. The quantitative estimate of drug-likeness (QED) is 0.210. The lowest BCUT2D eigenvalue weighted by atomic mass is 10.1. The number of fused-ring (bicyclic) bond motifs is 1. The fourth-order valence-corrected chi connectivity index (χ4v) is 5.06. The number of thiophene rings is 1. The average Bonchev–Trinajstić information content (AvgIpc) is 3.21. The van der Waals surface area contributed by atoms with E-state index in [0.717, 1.165) is 40.6 Å². The fourth-order valence-electron chi connectivity index (χ4n) is 3.26. The van der Waals surface area contributed by atoms with Crippen LogP contribution in [0.1, 0.15) is 5.56 Å². The summed E-state index contributed by atoms with van der Waals surface area (Å²) in [6.07, 6.45) is 1.59. The zero-order valence-electron chi connectivity index (χ0n) is 17.6. The Morgan fingerprint density at radius 1 is 1.24 bits per heavy atom. The first-order valence-electron chi connectivity index (χ1n) is 9.95. The van der Waals surface area contributed by atoms with E-state index >= 15 is 0 Å². The number of rotatable bonds is 7. The van der Waals surface area contributed by atoms with Crippen LogP contribution in [0.2, 0.25) is 0 Å². The molecule has 4 aromatic rings. The molecule has 5 nitrogen and oxygen atoms in total. The highest BCUT2D eigenvalue weighted by Crippen LogP contribution is 2.32. The lowest BCUT2D eigenvalue weighted by molar-refractivity contribution is -0.113. The van der Waals surface area contributed by atoms with Crippen LogP contribution < -0.4 is 10.9 Å². The minimum Gasteiger partial charge on any atom is -0.323 e. The van der Waals surface area contributed by atoms with E-state index in [-0.39, 0.29) is 23.5 Å². The van der Waals surface area contributed by atoms with Gasteiger partial charge in [0.05, 0.1) is 16.8 Å². The largest absolute Gasteiger partial charge is 0.323 e. The van der Waals surface area contributed by atoms with Gasteiger partial charge in [0.15, 0.2) is 5.16 Å². The van der Waals surface area contributed by atoms with Crippen molar-refractivity contribution in [3.63, 3.8) is 0 Å². The van der Waals surface area contributed by atoms with Gasteiger partial charge in [-0.05, 0) is 24.6 Å². The molecular weight excluding hydrogens is 464 g/mol. The van der Waals surface area contributed by atoms with Crippen LogP contribution in [0.15, 0.2) is 70.5 Å². The Bertz CT molecular complexity index is 1410. The number of aryl methyl sites for hydroxylation is 1. The Morgan fingerprint density at radius 2 is 2.00 bits per heavy atom. The molecule has 0 bridgehead atoms. The molecule has 0 radical (unpaired) electrons. The summed E-state index contributed by atoms with van der Waals surface area (Å²) in [6, 6.07) is 10.8. The van der Waals surface area contributed by atoms with Gasteiger partial charge >= 0.3 is 0 Å². The number of hydrogen-bond donors (Lipinski definition) is 1. The van der Waals surface area contributed by atoms with Crippen LogP contribution in [0.25, 0.3) is 21.3 Å². The third-order valence-corrected chi connectivity index (χ3v) is 6.72. The van der Waals surface area contributed by atoms with Gasteiger partial charge in [0.25, 0.3) is 5.56 Å². The molecule has 4 rings (SSSR count). The van der Waals surface area contributed by atoms with Crippen LogP contribution in [0.5, 0.6) is 0 Å². The number of amides is 1. The van der Waals surface area contributed by atoms with Crippen LogP contribution in [0, 0.1) is 18.6 Å². The predicted octanol–water partition coefficient (Wildman–Crippen LogP) is 5.63. The second-order valence-electron chi connectivity index (χ2n) is 7.26. The number of carbonyl (C=O) groups excluding carboxylic acids is 1. The van der Waals surface area contributed by atoms with Gasteiger partial charge < -0.3 is 5.32 Å². The number of halogens is 2. The summed E-state index contributed by atoms with van der Waals surface area (Å²) in [6.45, 7) is 5.94. The van der Waals surface area contributed by atoms with Crippen molar-refractivity contribution in [1.29, 1.82) is 0 Å². The van der Waals surface area contributed by atoms with Crippen LogP contribution in [-0.2, 0) is 11.3 Å². The van der Waals surface area contributed by atoms with Gasteiger partial charge in [-0.2, -0.15) is 0 Å². The minimum absolute atomic E-state index is 0.109. The zero-order valence-corrected chi connectivity index (χ0v) is 19.2. The molecule has 2 heterocycles. The van der Waals surface area contributed by atoms with Crippen LogP contribution in [0.4, 0.5) is 14.5 Å². The van der Waals surface area contributed by atoms with Crippen molar-refractivity contribution in [3.05, 3.63) is 88.1 Å². The summed E-state index contributed by atoms with van der Waals surface area (Å²) >= 11 is 2.42.